The van der Waals surface area contributed by atoms with E-state index in [2.05, 4.69) is 0 Å². The third kappa shape index (κ3) is 2.91. The lowest BCUT2D eigenvalue weighted by atomic mass is 9.99. The summed E-state index contributed by atoms with van der Waals surface area (Å²) in [5, 5.41) is 9.19. The third-order valence-corrected chi connectivity index (χ3v) is 3.07. The number of aliphatic hydroxyl groups excluding tert-OH is 1. The van der Waals surface area contributed by atoms with Crippen molar-refractivity contribution >= 4 is 11.6 Å². The number of aliphatic hydroxyl groups is 1. The molecular formula is C14H10ClF3O. The molecule has 19 heavy (non-hydrogen) atoms. The highest BCUT2D eigenvalue weighted by molar-refractivity contribution is 6.33. The van der Waals surface area contributed by atoms with E-state index in [4.69, 9.17) is 16.7 Å². The lowest BCUT2D eigenvalue weighted by Gasteiger charge is -2.15. The van der Waals surface area contributed by atoms with E-state index in [-0.39, 0.29) is 10.6 Å². The summed E-state index contributed by atoms with van der Waals surface area (Å²) in [6, 6.07) is 10.7. The predicted octanol–water partition coefficient (Wildman–Crippen LogP) is 4.52. The number of hydrogen-bond acceptors (Lipinski definition) is 1. The Kier molecular flexibility index (Phi) is 3.83. The monoisotopic (exact) mass is 286 g/mol. The summed E-state index contributed by atoms with van der Waals surface area (Å²) in [5.74, 6) is 0. The molecule has 100 valence electrons. The van der Waals surface area contributed by atoms with Gasteiger partial charge >= 0.3 is 6.18 Å². The van der Waals surface area contributed by atoms with Crippen LogP contribution in [-0.4, -0.2) is 5.11 Å². The Morgan fingerprint density at radius 1 is 1.05 bits per heavy atom. The first kappa shape index (κ1) is 13.9. The van der Waals surface area contributed by atoms with Gasteiger partial charge in [0.15, 0.2) is 0 Å². The van der Waals surface area contributed by atoms with Gasteiger partial charge in [0.05, 0.1) is 12.2 Å². The summed E-state index contributed by atoms with van der Waals surface area (Å²) in [6.07, 6.45) is -4.52. The normalized spacial score (nSPS) is 11.6. The average molecular weight is 287 g/mol. The van der Waals surface area contributed by atoms with Gasteiger partial charge in [0.1, 0.15) is 0 Å². The Hall–Kier alpha value is -1.52. The summed E-state index contributed by atoms with van der Waals surface area (Å²) >= 11 is 5.99. The zero-order chi connectivity index (χ0) is 14.0. The smallest absolute Gasteiger partial charge is 0.392 e. The van der Waals surface area contributed by atoms with Gasteiger partial charge in [0.2, 0.25) is 0 Å². The maximum Gasteiger partial charge on any atom is 0.416 e. The van der Waals surface area contributed by atoms with Crippen LogP contribution in [0.4, 0.5) is 13.2 Å². The molecule has 0 saturated heterocycles. The Labute approximate surface area is 113 Å². The minimum atomic E-state index is -4.52. The lowest BCUT2D eigenvalue weighted by Crippen LogP contribution is -2.09. The summed E-state index contributed by atoms with van der Waals surface area (Å²) in [4.78, 5) is 0. The van der Waals surface area contributed by atoms with Crippen LogP contribution in [0, 0.1) is 0 Å². The molecule has 0 heterocycles. The molecule has 0 fully saturated rings. The fourth-order valence-corrected chi connectivity index (χ4v) is 2.14. The van der Waals surface area contributed by atoms with Crippen LogP contribution in [0.2, 0.25) is 5.02 Å². The molecule has 1 nitrogen and oxygen atoms in total. The van der Waals surface area contributed by atoms with Crippen molar-refractivity contribution in [3.63, 3.8) is 0 Å². The zero-order valence-corrected chi connectivity index (χ0v) is 10.5. The minimum Gasteiger partial charge on any atom is -0.392 e. The second-order valence-corrected chi connectivity index (χ2v) is 4.42. The summed E-state index contributed by atoms with van der Waals surface area (Å²) in [7, 11) is 0. The molecule has 0 aliphatic carbocycles. The maximum atomic E-state index is 12.9. The van der Waals surface area contributed by atoms with Crippen molar-refractivity contribution < 1.29 is 18.3 Å². The molecule has 0 radical (unpaired) electrons. The molecule has 0 spiro atoms. The van der Waals surface area contributed by atoms with Gasteiger partial charge in [-0.3, -0.25) is 0 Å². The van der Waals surface area contributed by atoms with Crippen molar-refractivity contribution in [2.75, 3.05) is 0 Å². The van der Waals surface area contributed by atoms with Crippen molar-refractivity contribution in [2.24, 2.45) is 0 Å². The molecule has 2 aromatic rings. The van der Waals surface area contributed by atoms with Gasteiger partial charge in [-0.1, -0.05) is 41.9 Å². The SMILES string of the molecule is OCc1cc(Cl)c(-c2ccccc2)cc1C(F)(F)F. The second-order valence-electron chi connectivity index (χ2n) is 4.01. The quantitative estimate of drug-likeness (QED) is 0.861. The Morgan fingerprint density at radius 3 is 2.21 bits per heavy atom. The van der Waals surface area contributed by atoms with E-state index in [1.807, 2.05) is 0 Å². The standard InChI is InChI=1S/C14H10ClF3O/c15-13-6-10(8-19)12(14(16,17)18)7-11(13)9-4-2-1-3-5-9/h1-7,19H,8H2. The van der Waals surface area contributed by atoms with Gasteiger partial charge in [0.25, 0.3) is 0 Å². The first-order valence-corrected chi connectivity index (χ1v) is 5.87. The maximum absolute atomic E-state index is 12.9. The first-order valence-electron chi connectivity index (χ1n) is 5.49. The van der Waals surface area contributed by atoms with Crippen LogP contribution in [0.5, 0.6) is 0 Å². The average Bonchev–Trinajstić information content (AvgIpc) is 2.38. The molecule has 0 unspecified atom stereocenters. The molecule has 0 aromatic heterocycles. The van der Waals surface area contributed by atoms with Crippen LogP contribution in [0.3, 0.4) is 0 Å². The van der Waals surface area contributed by atoms with Crippen LogP contribution < -0.4 is 0 Å². The van der Waals surface area contributed by atoms with Crippen LogP contribution in [-0.2, 0) is 12.8 Å². The zero-order valence-electron chi connectivity index (χ0n) is 9.71. The fraction of sp³-hybridized carbons (Fsp3) is 0.143. The molecule has 2 aromatic carbocycles. The summed E-state index contributed by atoms with van der Waals surface area (Å²) in [5.41, 5.74) is -0.190. The largest absolute Gasteiger partial charge is 0.416 e. The van der Waals surface area contributed by atoms with Gasteiger partial charge in [0, 0.05) is 10.6 Å². The minimum absolute atomic E-state index is 0.184. The van der Waals surface area contributed by atoms with Gasteiger partial charge < -0.3 is 5.11 Å². The molecule has 5 heteroatoms. The van der Waals surface area contributed by atoms with Gasteiger partial charge in [-0.2, -0.15) is 13.2 Å². The molecule has 0 aliphatic rings. The second kappa shape index (κ2) is 5.23. The number of rotatable bonds is 2. The topological polar surface area (TPSA) is 20.2 Å². The first-order chi connectivity index (χ1) is 8.93. The third-order valence-electron chi connectivity index (χ3n) is 2.75. The highest BCUT2D eigenvalue weighted by atomic mass is 35.5. The molecule has 0 bridgehead atoms. The highest BCUT2D eigenvalue weighted by Gasteiger charge is 2.34. The molecule has 0 aliphatic heterocycles. The van der Waals surface area contributed by atoms with E-state index >= 15 is 0 Å². The number of halogens is 4. The number of benzene rings is 2. The van der Waals surface area contributed by atoms with Crippen molar-refractivity contribution in [1.82, 2.24) is 0 Å². The van der Waals surface area contributed by atoms with Crippen LogP contribution in [0.15, 0.2) is 42.5 Å². The molecule has 0 amide bonds. The van der Waals surface area contributed by atoms with Crippen LogP contribution >= 0.6 is 11.6 Å². The fourth-order valence-electron chi connectivity index (χ4n) is 1.85. The van der Waals surface area contributed by atoms with E-state index in [1.165, 1.54) is 0 Å². The van der Waals surface area contributed by atoms with E-state index in [0.29, 0.717) is 11.1 Å². The Bertz CT molecular complexity index is 579. The van der Waals surface area contributed by atoms with Gasteiger partial charge in [-0.15, -0.1) is 0 Å². The van der Waals surface area contributed by atoms with Gasteiger partial charge in [-0.05, 0) is 23.3 Å². The van der Waals surface area contributed by atoms with Crippen molar-refractivity contribution in [2.45, 2.75) is 12.8 Å². The number of hydrogen-bond donors (Lipinski definition) is 1. The van der Waals surface area contributed by atoms with Gasteiger partial charge in [-0.25, -0.2) is 0 Å². The predicted molar refractivity (Wildman–Crippen MR) is 67.8 cm³/mol. The van der Waals surface area contributed by atoms with E-state index < -0.39 is 18.3 Å². The number of alkyl halides is 3. The highest BCUT2D eigenvalue weighted by Crippen LogP contribution is 2.38. The Balaban J connectivity index is 2.64. The van der Waals surface area contributed by atoms with E-state index in [0.717, 1.165) is 12.1 Å². The van der Waals surface area contributed by atoms with Crippen molar-refractivity contribution in [3.05, 3.63) is 58.6 Å². The molecule has 1 N–H and O–H groups in total. The molecule has 0 atom stereocenters. The Morgan fingerprint density at radius 2 is 1.68 bits per heavy atom. The summed E-state index contributed by atoms with van der Waals surface area (Å²) in [6.45, 7) is -0.705. The molecule has 0 saturated carbocycles. The van der Waals surface area contributed by atoms with Crippen LogP contribution in [0.1, 0.15) is 11.1 Å². The van der Waals surface area contributed by atoms with E-state index in [1.54, 1.807) is 30.3 Å². The summed E-state index contributed by atoms with van der Waals surface area (Å²) < 4.78 is 38.7. The van der Waals surface area contributed by atoms with Crippen molar-refractivity contribution in [1.29, 1.82) is 0 Å². The molecule has 2 rings (SSSR count). The molecular weight excluding hydrogens is 277 g/mol. The van der Waals surface area contributed by atoms with Crippen LogP contribution in [0.25, 0.3) is 11.1 Å². The van der Waals surface area contributed by atoms with Crippen molar-refractivity contribution in [3.8, 4) is 11.1 Å². The lowest BCUT2D eigenvalue weighted by molar-refractivity contribution is -0.138. The van der Waals surface area contributed by atoms with E-state index in [9.17, 15) is 13.2 Å².